The van der Waals surface area contributed by atoms with Crippen LogP contribution in [0.15, 0.2) is 65.1 Å². The smallest absolute Gasteiger partial charge is 0.276 e. The van der Waals surface area contributed by atoms with Gasteiger partial charge in [0.2, 0.25) is 0 Å². The van der Waals surface area contributed by atoms with Crippen LogP contribution in [0.25, 0.3) is 11.3 Å². The summed E-state index contributed by atoms with van der Waals surface area (Å²) < 4.78 is 0.972. The number of carbonyl (C=O) groups is 1. The third-order valence-electron chi connectivity index (χ3n) is 3.40. The molecule has 0 spiro atoms. The summed E-state index contributed by atoms with van der Waals surface area (Å²) in [4.78, 5) is 12.3. The summed E-state index contributed by atoms with van der Waals surface area (Å²) >= 11 is 3.40. The maximum absolute atomic E-state index is 12.3. The number of rotatable bonds is 3. The first kappa shape index (κ1) is 15.4. The van der Waals surface area contributed by atoms with Gasteiger partial charge in [0.25, 0.3) is 5.91 Å². The van der Waals surface area contributed by atoms with Gasteiger partial charge in [0, 0.05) is 15.7 Å². The van der Waals surface area contributed by atoms with E-state index in [0.717, 1.165) is 27.0 Å². The molecule has 0 aliphatic carbocycles. The Kier molecular flexibility index (Phi) is 4.48. The average molecular weight is 368 g/mol. The van der Waals surface area contributed by atoms with E-state index in [-0.39, 0.29) is 11.6 Å². The van der Waals surface area contributed by atoms with E-state index in [0.29, 0.717) is 0 Å². The number of anilines is 1. The van der Waals surface area contributed by atoms with Gasteiger partial charge in [-0.1, -0.05) is 46.3 Å². The van der Waals surface area contributed by atoms with Crippen molar-refractivity contribution in [2.24, 2.45) is 0 Å². The van der Waals surface area contributed by atoms with Crippen LogP contribution in [0.2, 0.25) is 0 Å². The van der Waals surface area contributed by atoms with Crippen molar-refractivity contribution in [3.63, 3.8) is 0 Å². The predicted molar refractivity (Wildman–Crippen MR) is 94.3 cm³/mol. The number of halogens is 1. The first-order valence-corrected chi connectivity index (χ1v) is 7.89. The minimum atomic E-state index is -0.275. The van der Waals surface area contributed by atoms with Crippen molar-refractivity contribution < 1.29 is 4.79 Å². The molecule has 0 radical (unpaired) electrons. The Balaban J connectivity index is 1.78. The van der Waals surface area contributed by atoms with Crippen molar-refractivity contribution in [2.45, 2.75) is 6.92 Å². The summed E-state index contributed by atoms with van der Waals surface area (Å²) in [5.41, 5.74) is 3.72. The highest BCUT2D eigenvalue weighted by atomic mass is 79.9. The van der Waals surface area contributed by atoms with E-state index in [1.54, 1.807) is 12.1 Å². The van der Waals surface area contributed by atoms with Crippen LogP contribution in [0.1, 0.15) is 16.1 Å². The largest absolute Gasteiger partial charge is 0.320 e. The van der Waals surface area contributed by atoms with Crippen molar-refractivity contribution in [1.82, 2.24) is 10.2 Å². The SMILES string of the molecule is Cc1cc(Br)ccc1NC(=O)c1ccc(-c2ccccc2)nn1. The molecule has 0 bridgehead atoms. The van der Waals surface area contributed by atoms with Gasteiger partial charge >= 0.3 is 0 Å². The second-order valence-electron chi connectivity index (χ2n) is 5.08. The van der Waals surface area contributed by atoms with E-state index in [9.17, 15) is 4.79 Å². The molecule has 2 aromatic carbocycles. The second kappa shape index (κ2) is 6.71. The van der Waals surface area contributed by atoms with E-state index in [2.05, 4.69) is 31.4 Å². The van der Waals surface area contributed by atoms with E-state index < -0.39 is 0 Å². The van der Waals surface area contributed by atoms with Crippen LogP contribution < -0.4 is 5.32 Å². The highest BCUT2D eigenvalue weighted by molar-refractivity contribution is 9.10. The Morgan fingerprint density at radius 1 is 1.00 bits per heavy atom. The van der Waals surface area contributed by atoms with Crippen molar-refractivity contribution in [3.05, 3.63) is 76.4 Å². The number of nitrogens with zero attached hydrogens (tertiary/aromatic N) is 2. The fourth-order valence-corrected chi connectivity index (χ4v) is 2.65. The number of hydrogen-bond donors (Lipinski definition) is 1. The number of aromatic nitrogens is 2. The van der Waals surface area contributed by atoms with Crippen LogP contribution in [0.5, 0.6) is 0 Å². The molecule has 1 aromatic heterocycles. The molecule has 0 fully saturated rings. The van der Waals surface area contributed by atoms with E-state index >= 15 is 0 Å². The summed E-state index contributed by atoms with van der Waals surface area (Å²) in [7, 11) is 0. The fraction of sp³-hybridized carbons (Fsp3) is 0.0556. The van der Waals surface area contributed by atoms with Crippen molar-refractivity contribution in [2.75, 3.05) is 5.32 Å². The summed E-state index contributed by atoms with van der Waals surface area (Å²) in [6.45, 7) is 1.94. The first-order chi connectivity index (χ1) is 11.1. The van der Waals surface area contributed by atoms with Crippen molar-refractivity contribution in [3.8, 4) is 11.3 Å². The minimum absolute atomic E-state index is 0.275. The Hall–Kier alpha value is -2.53. The fourth-order valence-electron chi connectivity index (χ4n) is 2.17. The normalized spacial score (nSPS) is 10.3. The standard InChI is InChI=1S/C18H14BrN3O/c1-12-11-14(19)7-8-15(12)20-18(23)17-10-9-16(21-22-17)13-5-3-2-4-6-13/h2-11H,1H3,(H,20,23). The van der Waals surface area contributed by atoms with E-state index in [1.807, 2.05) is 55.5 Å². The highest BCUT2D eigenvalue weighted by Crippen LogP contribution is 2.21. The predicted octanol–water partition coefficient (Wildman–Crippen LogP) is 4.47. The molecule has 0 saturated heterocycles. The zero-order valence-electron chi connectivity index (χ0n) is 12.5. The Morgan fingerprint density at radius 2 is 1.78 bits per heavy atom. The summed E-state index contributed by atoms with van der Waals surface area (Å²) in [5.74, 6) is -0.275. The monoisotopic (exact) mass is 367 g/mol. The van der Waals surface area contributed by atoms with Crippen LogP contribution in [0, 0.1) is 6.92 Å². The molecule has 23 heavy (non-hydrogen) atoms. The molecule has 0 aliphatic rings. The third kappa shape index (κ3) is 3.63. The molecule has 5 heteroatoms. The molecule has 1 heterocycles. The lowest BCUT2D eigenvalue weighted by Gasteiger charge is -2.08. The number of benzene rings is 2. The van der Waals surface area contributed by atoms with Crippen LogP contribution in [-0.2, 0) is 0 Å². The molecular weight excluding hydrogens is 354 g/mol. The number of aryl methyl sites for hydroxylation is 1. The van der Waals surface area contributed by atoms with Crippen LogP contribution in [0.3, 0.4) is 0 Å². The molecule has 1 amide bonds. The number of carbonyl (C=O) groups excluding carboxylic acids is 1. The molecule has 114 valence electrons. The molecule has 4 nitrogen and oxygen atoms in total. The molecule has 0 saturated carbocycles. The van der Waals surface area contributed by atoms with Gasteiger partial charge in [0.1, 0.15) is 0 Å². The van der Waals surface area contributed by atoms with Crippen LogP contribution >= 0.6 is 15.9 Å². The Bertz CT molecular complexity index is 833. The lowest BCUT2D eigenvalue weighted by Crippen LogP contribution is -2.15. The zero-order chi connectivity index (χ0) is 16.2. The maximum Gasteiger partial charge on any atom is 0.276 e. The van der Waals surface area contributed by atoms with Crippen molar-refractivity contribution in [1.29, 1.82) is 0 Å². The molecule has 1 N–H and O–H groups in total. The highest BCUT2D eigenvalue weighted by Gasteiger charge is 2.10. The average Bonchev–Trinajstić information content (AvgIpc) is 2.58. The van der Waals surface area contributed by atoms with Gasteiger partial charge in [-0.3, -0.25) is 4.79 Å². The molecule has 3 rings (SSSR count). The summed E-state index contributed by atoms with van der Waals surface area (Å²) in [6.07, 6.45) is 0. The van der Waals surface area contributed by atoms with Gasteiger partial charge in [-0.2, -0.15) is 0 Å². The quantitative estimate of drug-likeness (QED) is 0.742. The van der Waals surface area contributed by atoms with Gasteiger partial charge in [-0.05, 0) is 42.8 Å². The van der Waals surface area contributed by atoms with Gasteiger partial charge < -0.3 is 5.32 Å². The summed E-state index contributed by atoms with van der Waals surface area (Å²) in [5, 5.41) is 11.0. The third-order valence-corrected chi connectivity index (χ3v) is 3.90. The second-order valence-corrected chi connectivity index (χ2v) is 6.00. The topological polar surface area (TPSA) is 54.9 Å². The number of nitrogens with one attached hydrogen (secondary N) is 1. The molecule has 0 aliphatic heterocycles. The van der Waals surface area contributed by atoms with Gasteiger partial charge in [0.15, 0.2) is 5.69 Å². The molecule has 0 unspecified atom stereocenters. The van der Waals surface area contributed by atoms with Gasteiger partial charge in [0.05, 0.1) is 5.69 Å². The van der Waals surface area contributed by atoms with Crippen molar-refractivity contribution >= 4 is 27.5 Å². The summed E-state index contributed by atoms with van der Waals surface area (Å²) in [6, 6.07) is 18.9. The lowest BCUT2D eigenvalue weighted by atomic mass is 10.1. The number of hydrogen-bond acceptors (Lipinski definition) is 3. The van der Waals surface area contributed by atoms with E-state index in [1.165, 1.54) is 0 Å². The lowest BCUT2D eigenvalue weighted by molar-refractivity contribution is 0.102. The van der Waals surface area contributed by atoms with Gasteiger partial charge in [-0.25, -0.2) is 0 Å². The van der Waals surface area contributed by atoms with Crippen LogP contribution in [0.4, 0.5) is 5.69 Å². The maximum atomic E-state index is 12.3. The van der Waals surface area contributed by atoms with Crippen LogP contribution in [-0.4, -0.2) is 16.1 Å². The molecular formula is C18H14BrN3O. The Morgan fingerprint density at radius 3 is 2.43 bits per heavy atom. The molecule has 3 aromatic rings. The zero-order valence-corrected chi connectivity index (χ0v) is 14.0. The van der Waals surface area contributed by atoms with E-state index in [4.69, 9.17) is 0 Å². The minimum Gasteiger partial charge on any atom is -0.320 e. The Labute approximate surface area is 142 Å². The van der Waals surface area contributed by atoms with Gasteiger partial charge in [-0.15, -0.1) is 10.2 Å². The molecule has 0 atom stereocenters. The first-order valence-electron chi connectivity index (χ1n) is 7.10. The number of amides is 1.